The first-order chi connectivity index (χ1) is 14.2. The maximum absolute atomic E-state index is 13.2. The van der Waals surface area contributed by atoms with Gasteiger partial charge in [0.15, 0.2) is 8.68 Å². The average molecular weight is 453 g/mol. The van der Waals surface area contributed by atoms with Crippen LogP contribution in [-0.4, -0.2) is 65.5 Å². The lowest BCUT2D eigenvalue weighted by atomic mass is 10.1. The highest BCUT2D eigenvalue weighted by atomic mass is 32.2. The number of hydrogen-bond donors (Lipinski definition) is 1. The van der Waals surface area contributed by atoms with Crippen LogP contribution < -0.4 is 5.32 Å². The Kier molecular flexibility index (Phi) is 8.78. The molecule has 7 nitrogen and oxygen atoms in total. The molecule has 1 aliphatic rings. The minimum atomic E-state index is -0.382. The highest BCUT2D eigenvalue weighted by molar-refractivity contribution is 8.04. The van der Waals surface area contributed by atoms with E-state index in [0.29, 0.717) is 38.6 Å². The van der Waals surface area contributed by atoms with Gasteiger partial charge in [-0.05, 0) is 12.0 Å². The van der Waals surface area contributed by atoms with Crippen LogP contribution in [-0.2, 0) is 14.3 Å². The Bertz CT molecular complexity index is 797. The van der Waals surface area contributed by atoms with Crippen molar-refractivity contribution < 1.29 is 14.3 Å². The van der Waals surface area contributed by atoms with Crippen LogP contribution in [0.15, 0.2) is 39.0 Å². The fourth-order valence-corrected chi connectivity index (χ4v) is 5.81. The lowest BCUT2D eigenvalue weighted by molar-refractivity contribution is -0.134. The van der Waals surface area contributed by atoms with Crippen LogP contribution in [0.1, 0.15) is 24.2 Å². The summed E-state index contributed by atoms with van der Waals surface area (Å²) in [6, 6.07) is 9.74. The molecule has 1 aromatic carbocycles. The molecule has 1 aromatic heterocycles. The lowest BCUT2D eigenvalue weighted by Gasteiger charge is -2.30. The zero-order chi connectivity index (χ0) is 20.5. The summed E-state index contributed by atoms with van der Waals surface area (Å²) in [5, 5.41) is 10.9. The third-order valence-corrected chi connectivity index (χ3v) is 7.54. The molecule has 0 saturated carbocycles. The summed E-state index contributed by atoms with van der Waals surface area (Å²) in [6.07, 6.45) is 0.911. The Morgan fingerprint density at radius 3 is 2.66 bits per heavy atom. The van der Waals surface area contributed by atoms with Gasteiger partial charge in [0.2, 0.25) is 11.8 Å². The van der Waals surface area contributed by atoms with Gasteiger partial charge in [-0.3, -0.25) is 9.59 Å². The van der Waals surface area contributed by atoms with Gasteiger partial charge in [-0.1, -0.05) is 72.1 Å². The largest absolute Gasteiger partial charge is 0.378 e. The summed E-state index contributed by atoms with van der Waals surface area (Å²) in [7, 11) is 0. The molecule has 3 rings (SSSR count). The van der Waals surface area contributed by atoms with E-state index in [2.05, 4.69) is 15.5 Å². The number of carbonyl (C=O) groups is 2. The van der Waals surface area contributed by atoms with Crippen molar-refractivity contribution >= 4 is 46.7 Å². The number of morpholine rings is 1. The van der Waals surface area contributed by atoms with Gasteiger partial charge in [-0.2, -0.15) is 0 Å². The number of ether oxygens (including phenoxy) is 1. The third-order valence-electron chi connectivity index (χ3n) is 4.15. The molecule has 10 heteroatoms. The quantitative estimate of drug-likeness (QED) is 0.586. The number of aromatic nitrogens is 2. The summed E-state index contributed by atoms with van der Waals surface area (Å²) in [5.41, 5.74) is 0.942. The Balaban J connectivity index is 1.66. The van der Waals surface area contributed by atoms with E-state index in [1.54, 1.807) is 0 Å². The number of nitrogens with one attached hydrogen (secondary N) is 1. The second-order valence-electron chi connectivity index (χ2n) is 6.32. The standard InChI is InChI=1S/C19H24N4O3S3/c1-2-8-20-15(24)13-27-18-21-22-19(29-18)28-16(14-6-4-3-5-7-14)17(25)23-9-11-26-12-10-23/h3-7,16H,2,8-13H2,1H3,(H,20,24). The van der Waals surface area contributed by atoms with Gasteiger partial charge in [0, 0.05) is 19.6 Å². The summed E-state index contributed by atoms with van der Waals surface area (Å²) < 4.78 is 6.82. The maximum Gasteiger partial charge on any atom is 0.240 e. The Hall–Kier alpha value is -1.62. The minimum Gasteiger partial charge on any atom is -0.378 e. The topological polar surface area (TPSA) is 84.4 Å². The van der Waals surface area contributed by atoms with E-state index < -0.39 is 0 Å². The van der Waals surface area contributed by atoms with Crippen LogP contribution in [0, 0.1) is 0 Å². The van der Waals surface area contributed by atoms with Crippen molar-refractivity contribution in [2.24, 2.45) is 0 Å². The maximum atomic E-state index is 13.2. The second kappa shape index (κ2) is 11.5. The molecule has 1 fully saturated rings. The fraction of sp³-hybridized carbons (Fsp3) is 0.474. The summed E-state index contributed by atoms with van der Waals surface area (Å²) in [6.45, 7) is 5.04. The van der Waals surface area contributed by atoms with E-state index in [-0.39, 0.29) is 17.1 Å². The van der Waals surface area contributed by atoms with Gasteiger partial charge in [0.05, 0.1) is 19.0 Å². The van der Waals surface area contributed by atoms with E-state index in [9.17, 15) is 9.59 Å². The Morgan fingerprint density at radius 1 is 1.21 bits per heavy atom. The van der Waals surface area contributed by atoms with Crippen molar-refractivity contribution in [2.75, 3.05) is 38.6 Å². The van der Waals surface area contributed by atoms with Crippen molar-refractivity contribution in [1.82, 2.24) is 20.4 Å². The lowest BCUT2D eigenvalue weighted by Crippen LogP contribution is -2.42. The molecule has 29 heavy (non-hydrogen) atoms. The normalized spacial score (nSPS) is 15.1. The van der Waals surface area contributed by atoms with Crippen molar-refractivity contribution in [3.05, 3.63) is 35.9 Å². The van der Waals surface area contributed by atoms with Crippen molar-refractivity contribution in [2.45, 2.75) is 27.3 Å². The molecule has 2 aromatic rings. The van der Waals surface area contributed by atoms with Crippen LogP contribution in [0.25, 0.3) is 0 Å². The van der Waals surface area contributed by atoms with E-state index in [0.717, 1.165) is 20.7 Å². The van der Waals surface area contributed by atoms with E-state index >= 15 is 0 Å². The molecule has 0 bridgehead atoms. The molecule has 1 aliphatic heterocycles. The highest BCUT2D eigenvalue weighted by Gasteiger charge is 2.29. The van der Waals surface area contributed by atoms with E-state index in [1.165, 1.54) is 34.9 Å². The van der Waals surface area contributed by atoms with Crippen molar-refractivity contribution in [3.8, 4) is 0 Å². The van der Waals surface area contributed by atoms with Gasteiger partial charge in [-0.25, -0.2) is 0 Å². The molecule has 2 amide bonds. The number of rotatable bonds is 9. The molecule has 156 valence electrons. The molecular formula is C19H24N4O3S3. The first kappa shape index (κ1) is 22.1. The second-order valence-corrected chi connectivity index (χ2v) is 9.87. The Morgan fingerprint density at radius 2 is 1.93 bits per heavy atom. The first-order valence-electron chi connectivity index (χ1n) is 9.48. The highest BCUT2D eigenvalue weighted by Crippen LogP contribution is 2.39. The zero-order valence-corrected chi connectivity index (χ0v) is 18.7. The number of carbonyl (C=O) groups excluding carboxylic acids is 2. The summed E-state index contributed by atoms with van der Waals surface area (Å²) in [5.74, 6) is 0.368. The zero-order valence-electron chi connectivity index (χ0n) is 16.2. The molecule has 1 N–H and O–H groups in total. The number of amides is 2. The predicted octanol–water partition coefficient (Wildman–Crippen LogP) is 2.85. The summed E-state index contributed by atoms with van der Waals surface area (Å²) in [4.78, 5) is 26.8. The number of benzene rings is 1. The molecule has 2 heterocycles. The van der Waals surface area contributed by atoms with E-state index in [4.69, 9.17) is 4.74 Å². The number of hydrogen-bond acceptors (Lipinski definition) is 8. The monoisotopic (exact) mass is 452 g/mol. The third kappa shape index (κ3) is 6.70. The van der Waals surface area contributed by atoms with Gasteiger partial charge < -0.3 is 15.0 Å². The molecule has 0 aliphatic carbocycles. The first-order valence-corrected chi connectivity index (χ1v) is 12.2. The predicted molar refractivity (Wildman–Crippen MR) is 116 cm³/mol. The van der Waals surface area contributed by atoms with Crippen LogP contribution in [0.2, 0.25) is 0 Å². The SMILES string of the molecule is CCCNC(=O)CSc1nnc(SC(C(=O)N2CCOCC2)c2ccccc2)s1. The number of nitrogens with zero attached hydrogens (tertiary/aromatic N) is 3. The van der Waals surface area contributed by atoms with Gasteiger partial charge >= 0.3 is 0 Å². The van der Waals surface area contributed by atoms with Crippen molar-refractivity contribution in [3.63, 3.8) is 0 Å². The van der Waals surface area contributed by atoms with Crippen molar-refractivity contribution in [1.29, 1.82) is 0 Å². The summed E-state index contributed by atoms with van der Waals surface area (Å²) >= 11 is 4.19. The van der Waals surface area contributed by atoms with Crippen LogP contribution in [0.3, 0.4) is 0 Å². The van der Waals surface area contributed by atoms with Crippen LogP contribution in [0.4, 0.5) is 0 Å². The smallest absolute Gasteiger partial charge is 0.240 e. The molecule has 1 saturated heterocycles. The van der Waals surface area contributed by atoms with E-state index in [1.807, 2.05) is 42.2 Å². The van der Waals surface area contributed by atoms with Gasteiger partial charge in [0.1, 0.15) is 5.25 Å². The molecule has 0 radical (unpaired) electrons. The molecule has 0 spiro atoms. The van der Waals surface area contributed by atoms with Crippen LogP contribution >= 0.6 is 34.9 Å². The average Bonchev–Trinajstić information content (AvgIpc) is 3.23. The van der Waals surface area contributed by atoms with Crippen LogP contribution in [0.5, 0.6) is 0 Å². The van der Waals surface area contributed by atoms with Gasteiger partial charge in [0.25, 0.3) is 0 Å². The minimum absolute atomic E-state index is 0.00842. The fourth-order valence-electron chi connectivity index (χ4n) is 2.69. The Labute approximate surface area is 183 Å². The number of thioether (sulfide) groups is 2. The molecular weight excluding hydrogens is 428 g/mol. The molecule has 1 atom stereocenters. The van der Waals surface area contributed by atoms with Gasteiger partial charge in [-0.15, -0.1) is 10.2 Å². The molecule has 1 unspecified atom stereocenters.